The number of benzene rings is 3. The van der Waals surface area contributed by atoms with Crippen LogP contribution in [0.3, 0.4) is 0 Å². The molecule has 2 aliphatic heterocycles. The Labute approximate surface area is 230 Å². The number of quaternary nitrogens is 1. The molecule has 3 aromatic rings. The Balaban J connectivity index is 1.01. The number of hydrogen-bond acceptors (Lipinski definition) is 4. The third kappa shape index (κ3) is 3.42. The van der Waals surface area contributed by atoms with Crippen molar-refractivity contribution in [2.24, 2.45) is 11.8 Å². The number of carbonyl (C=O) groups is 1. The van der Waals surface area contributed by atoms with Crippen LogP contribution in [0.2, 0.25) is 0 Å². The first-order valence-electron chi connectivity index (χ1n) is 14.6. The van der Waals surface area contributed by atoms with E-state index in [1.807, 2.05) is 0 Å². The minimum absolute atomic E-state index is 0.192. The van der Waals surface area contributed by atoms with Crippen LogP contribution >= 0.6 is 0 Å². The second kappa shape index (κ2) is 8.42. The molecule has 0 radical (unpaired) electrons. The Kier molecular flexibility index (Phi) is 5.12. The van der Waals surface area contributed by atoms with Crippen molar-refractivity contribution >= 4 is 5.78 Å². The fourth-order valence-corrected chi connectivity index (χ4v) is 8.91. The molecule has 5 aliphatic rings. The Morgan fingerprint density at radius 2 is 1.90 bits per heavy atom. The number of ether oxygens (including phenoxy) is 2. The van der Waals surface area contributed by atoms with E-state index in [4.69, 9.17) is 9.47 Å². The third-order valence-electron chi connectivity index (χ3n) is 10.8. The van der Waals surface area contributed by atoms with Crippen LogP contribution in [-0.4, -0.2) is 53.8 Å². The summed E-state index contributed by atoms with van der Waals surface area (Å²) >= 11 is 0. The van der Waals surface area contributed by atoms with Gasteiger partial charge >= 0.3 is 0 Å². The van der Waals surface area contributed by atoms with Gasteiger partial charge in [0.05, 0.1) is 44.3 Å². The molecule has 3 fully saturated rings. The van der Waals surface area contributed by atoms with E-state index in [0.29, 0.717) is 42.8 Å². The third-order valence-corrected chi connectivity index (χ3v) is 10.8. The number of rotatable bonds is 6. The summed E-state index contributed by atoms with van der Waals surface area (Å²) in [7, 11) is 2.45. The lowest BCUT2D eigenvalue weighted by atomic mass is 9.51. The lowest BCUT2D eigenvalue weighted by Crippen LogP contribution is -2.72. The summed E-state index contributed by atoms with van der Waals surface area (Å²) in [5.74, 6) is 2.00. The summed E-state index contributed by atoms with van der Waals surface area (Å²) in [6, 6.07) is 23.5. The lowest BCUT2D eigenvalue weighted by molar-refractivity contribution is -0.946. The molecule has 3 aliphatic carbocycles. The van der Waals surface area contributed by atoms with Gasteiger partial charge in [-0.25, -0.2) is 0 Å². The monoisotopic (exact) mass is 522 g/mol. The van der Waals surface area contributed by atoms with Gasteiger partial charge < -0.3 is 19.1 Å². The molecule has 7 atom stereocenters. The highest BCUT2D eigenvalue weighted by molar-refractivity contribution is 5.89. The highest BCUT2D eigenvalue weighted by atomic mass is 16.5. The van der Waals surface area contributed by atoms with Gasteiger partial charge in [-0.1, -0.05) is 60.7 Å². The maximum Gasteiger partial charge on any atom is 0.174 e. The first-order chi connectivity index (χ1) is 19.0. The lowest BCUT2D eigenvalue weighted by Gasteiger charge is -2.60. The molecule has 1 spiro atoms. The molecule has 3 aromatic carbocycles. The Bertz CT molecular complexity index is 1470. The molecule has 0 aromatic heterocycles. The van der Waals surface area contributed by atoms with Crippen molar-refractivity contribution in [1.82, 2.24) is 0 Å². The van der Waals surface area contributed by atoms with Gasteiger partial charge in [0, 0.05) is 36.7 Å². The van der Waals surface area contributed by atoms with Crippen LogP contribution in [0.1, 0.15) is 42.4 Å². The maximum atomic E-state index is 13.1. The standard InChI is InChI=1S/C34H35NO4/c1-35(19-24-18-30(24)38-20-23-9-5-6-10-25(23)21-7-3-2-4-8-21)16-15-34-26-12-14-29(37)33(34)39-32-28(36)13-11-22(31(32)34)17-27(26)35/h2-11,13,24,26-27,30,33H,12,14-20H2,1H3/p+1/t24?,26-,27+,30?,33-,34-,35+/m0/s1. The molecular weight excluding hydrogens is 486 g/mol. The van der Waals surface area contributed by atoms with Gasteiger partial charge in [-0.2, -0.15) is 0 Å². The molecule has 5 nitrogen and oxygen atoms in total. The second-order valence-electron chi connectivity index (χ2n) is 12.9. The minimum Gasteiger partial charge on any atom is -0.504 e. The number of aromatic hydroxyl groups is 1. The number of likely N-dealkylation sites (tertiary alicyclic amines) is 1. The zero-order valence-electron chi connectivity index (χ0n) is 22.5. The maximum absolute atomic E-state index is 13.1. The Morgan fingerprint density at radius 1 is 1.08 bits per heavy atom. The predicted molar refractivity (Wildman–Crippen MR) is 149 cm³/mol. The van der Waals surface area contributed by atoms with Crippen molar-refractivity contribution in [2.45, 2.75) is 62.4 Å². The van der Waals surface area contributed by atoms with E-state index in [-0.39, 0.29) is 16.9 Å². The van der Waals surface area contributed by atoms with Crippen LogP contribution in [0.15, 0.2) is 66.7 Å². The first-order valence-corrected chi connectivity index (χ1v) is 14.6. The quantitative estimate of drug-likeness (QED) is 0.440. The van der Waals surface area contributed by atoms with Crippen LogP contribution in [0, 0.1) is 11.8 Å². The molecule has 2 heterocycles. The van der Waals surface area contributed by atoms with E-state index in [2.05, 4.69) is 67.7 Å². The van der Waals surface area contributed by atoms with Crippen molar-refractivity contribution < 1.29 is 23.9 Å². The number of piperidine rings is 1. The second-order valence-corrected chi connectivity index (χ2v) is 12.9. The largest absolute Gasteiger partial charge is 0.504 e. The van der Waals surface area contributed by atoms with Gasteiger partial charge in [0.15, 0.2) is 23.4 Å². The number of phenols is 1. The van der Waals surface area contributed by atoms with E-state index < -0.39 is 6.10 Å². The average molecular weight is 523 g/mol. The van der Waals surface area contributed by atoms with Crippen LogP contribution < -0.4 is 4.74 Å². The number of hydrogen-bond donors (Lipinski definition) is 1. The molecular formula is C34H36NO4+. The molecule has 1 N–H and O–H groups in total. The molecule has 2 saturated carbocycles. The topological polar surface area (TPSA) is 55.8 Å². The molecule has 39 heavy (non-hydrogen) atoms. The fourth-order valence-electron chi connectivity index (χ4n) is 8.91. The van der Waals surface area contributed by atoms with Gasteiger partial charge in [-0.3, -0.25) is 4.79 Å². The van der Waals surface area contributed by atoms with Crippen molar-refractivity contribution in [3.05, 3.63) is 83.4 Å². The highest BCUT2D eigenvalue weighted by Crippen LogP contribution is 2.64. The van der Waals surface area contributed by atoms with Crippen LogP contribution in [-0.2, 0) is 28.0 Å². The number of phenolic OH excluding ortho intramolecular Hbond substituents is 1. The van der Waals surface area contributed by atoms with Gasteiger partial charge in [0.2, 0.25) is 0 Å². The smallest absolute Gasteiger partial charge is 0.174 e. The summed E-state index contributed by atoms with van der Waals surface area (Å²) in [6.07, 6.45) is 4.50. The zero-order valence-corrected chi connectivity index (χ0v) is 22.5. The van der Waals surface area contributed by atoms with Gasteiger partial charge in [-0.15, -0.1) is 0 Å². The molecule has 5 heteroatoms. The molecule has 1 saturated heterocycles. The van der Waals surface area contributed by atoms with E-state index in [1.54, 1.807) is 6.07 Å². The SMILES string of the molecule is C[N@+]1(CC2CC2OCc2ccccc2-c2ccccc2)CC[C@]23c4c5ccc(O)c4O[C@H]2C(=O)CC[C@H]3[C@H]1C5. The number of ketones is 1. The normalized spacial score (nSPS) is 35.3. The van der Waals surface area contributed by atoms with Crippen molar-refractivity contribution in [1.29, 1.82) is 0 Å². The number of Topliss-reactive ketones (excluding diaryl/α,β-unsaturated/α-hetero) is 1. The van der Waals surface area contributed by atoms with Gasteiger partial charge in [0.1, 0.15) is 0 Å². The Morgan fingerprint density at radius 3 is 2.77 bits per heavy atom. The molecule has 2 unspecified atom stereocenters. The number of carbonyl (C=O) groups excluding carboxylic acids is 1. The summed E-state index contributed by atoms with van der Waals surface area (Å²) < 4.78 is 13.9. The van der Waals surface area contributed by atoms with Crippen molar-refractivity contribution in [3.63, 3.8) is 0 Å². The summed E-state index contributed by atoms with van der Waals surface area (Å²) in [5.41, 5.74) is 5.93. The Hall–Kier alpha value is -3.15. The average Bonchev–Trinajstić information content (AvgIpc) is 3.58. The van der Waals surface area contributed by atoms with Crippen LogP contribution in [0.25, 0.3) is 11.1 Å². The molecule has 0 amide bonds. The predicted octanol–water partition coefficient (Wildman–Crippen LogP) is 5.42. The number of likely N-dealkylation sites (N-methyl/N-ethyl adjacent to an activating group) is 1. The van der Waals surface area contributed by atoms with Crippen LogP contribution in [0.5, 0.6) is 11.5 Å². The molecule has 8 rings (SSSR count). The zero-order chi connectivity index (χ0) is 26.4. The molecule has 2 bridgehead atoms. The summed E-state index contributed by atoms with van der Waals surface area (Å²) in [5, 5.41) is 10.6. The van der Waals surface area contributed by atoms with E-state index >= 15 is 0 Å². The molecule has 200 valence electrons. The minimum atomic E-state index is -0.420. The number of nitrogens with zero attached hydrogens (tertiary/aromatic N) is 1. The first kappa shape index (κ1) is 23.7. The van der Waals surface area contributed by atoms with Gasteiger partial charge in [-0.05, 0) is 41.2 Å². The summed E-state index contributed by atoms with van der Waals surface area (Å²) in [4.78, 5) is 13.1. The summed E-state index contributed by atoms with van der Waals surface area (Å²) in [6.45, 7) is 2.82. The van der Waals surface area contributed by atoms with E-state index in [9.17, 15) is 9.90 Å². The van der Waals surface area contributed by atoms with Crippen LogP contribution in [0.4, 0.5) is 0 Å². The fraction of sp³-hybridized carbons (Fsp3) is 0.441. The van der Waals surface area contributed by atoms with Crippen molar-refractivity contribution in [2.75, 3.05) is 20.1 Å². The van der Waals surface area contributed by atoms with E-state index in [0.717, 1.165) is 48.8 Å². The van der Waals surface area contributed by atoms with E-state index in [1.165, 1.54) is 22.3 Å². The van der Waals surface area contributed by atoms with Crippen molar-refractivity contribution in [3.8, 4) is 22.6 Å². The van der Waals surface area contributed by atoms with Gasteiger partial charge in [0.25, 0.3) is 0 Å². The highest BCUT2D eigenvalue weighted by Gasteiger charge is 2.69.